The summed E-state index contributed by atoms with van der Waals surface area (Å²) in [6.45, 7) is 7.03. The van der Waals surface area contributed by atoms with Crippen LogP contribution in [0.15, 0.2) is 72.8 Å². The van der Waals surface area contributed by atoms with E-state index in [-0.39, 0.29) is 0 Å². The van der Waals surface area contributed by atoms with Crippen LogP contribution >= 0.6 is 0 Å². The van der Waals surface area contributed by atoms with Crippen LogP contribution in [0.2, 0.25) is 0 Å². The van der Waals surface area contributed by atoms with Crippen molar-refractivity contribution in [2.75, 3.05) is 32.7 Å². The molecule has 1 heterocycles. The van der Waals surface area contributed by atoms with Crippen LogP contribution < -0.4 is 0 Å². The smallest absolute Gasteiger partial charge is 0.414 e. The van der Waals surface area contributed by atoms with E-state index in [9.17, 15) is 0 Å². The first kappa shape index (κ1) is 23.4. The molecule has 0 bridgehead atoms. The van der Waals surface area contributed by atoms with E-state index in [1.165, 1.54) is 67.5 Å². The van der Waals surface area contributed by atoms with Crippen molar-refractivity contribution in [2.24, 2.45) is 0 Å². The molecule has 3 aromatic rings. The van der Waals surface area contributed by atoms with Crippen molar-refractivity contribution in [3.63, 3.8) is 0 Å². The van der Waals surface area contributed by atoms with Crippen molar-refractivity contribution in [1.82, 2.24) is 9.80 Å². The maximum absolute atomic E-state index is 9.10. The molecule has 6 heteroatoms. The molecule has 0 radical (unpaired) electrons. The summed E-state index contributed by atoms with van der Waals surface area (Å²) < 4.78 is 0. The molecular formula is C26H30N2O4. The summed E-state index contributed by atoms with van der Waals surface area (Å²) >= 11 is 0. The Morgan fingerprint density at radius 1 is 0.719 bits per heavy atom. The van der Waals surface area contributed by atoms with Crippen molar-refractivity contribution < 1.29 is 19.8 Å². The zero-order valence-corrected chi connectivity index (χ0v) is 18.2. The van der Waals surface area contributed by atoms with E-state index in [2.05, 4.69) is 82.6 Å². The monoisotopic (exact) mass is 434 g/mol. The molecule has 1 fully saturated rings. The van der Waals surface area contributed by atoms with Crippen LogP contribution in [0.5, 0.6) is 0 Å². The molecular weight excluding hydrogens is 404 g/mol. The van der Waals surface area contributed by atoms with Gasteiger partial charge in [0.15, 0.2) is 0 Å². The quantitative estimate of drug-likeness (QED) is 0.575. The molecule has 168 valence electrons. The zero-order valence-electron chi connectivity index (χ0n) is 18.2. The van der Waals surface area contributed by atoms with Gasteiger partial charge in [0.2, 0.25) is 0 Å². The van der Waals surface area contributed by atoms with Gasteiger partial charge in [-0.2, -0.15) is 0 Å². The lowest BCUT2D eigenvalue weighted by Crippen LogP contribution is -2.46. The van der Waals surface area contributed by atoms with Gasteiger partial charge in [-0.05, 0) is 41.3 Å². The fourth-order valence-electron chi connectivity index (χ4n) is 3.99. The summed E-state index contributed by atoms with van der Waals surface area (Å²) in [4.78, 5) is 23.4. The SMILES string of the molecule is O=C(O)C(=O)O.c1ccc(CCCN2CCN(Cc3cccc4ccccc34)CC2)cc1. The van der Waals surface area contributed by atoms with E-state index >= 15 is 0 Å². The molecule has 4 rings (SSSR count). The van der Waals surface area contributed by atoms with Gasteiger partial charge in [-0.1, -0.05) is 72.8 Å². The first-order valence-electron chi connectivity index (χ1n) is 10.9. The Hall–Kier alpha value is -3.22. The highest BCUT2D eigenvalue weighted by atomic mass is 16.4. The van der Waals surface area contributed by atoms with Crippen molar-refractivity contribution in [3.8, 4) is 0 Å². The Kier molecular flexibility index (Phi) is 8.78. The summed E-state index contributed by atoms with van der Waals surface area (Å²) in [5, 5.41) is 17.5. The second-order valence-electron chi connectivity index (χ2n) is 7.96. The fraction of sp³-hybridized carbons (Fsp3) is 0.308. The Balaban J connectivity index is 0.000000427. The number of hydrogen-bond acceptors (Lipinski definition) is 4. The van der Waals surface area contributed by atoms with Gasteiger partial charge in [0.05, 0.1) is 0 Å². The predicted molar refractivity (Wildman–Crippen MR) is 126 cm³/mol. The van der Waals surface area contributed by atoms with Gasteiger partial charge in [0.25, 0.3) is 0 Å². The fourth-order valence-corrected chi connectivity index (χ4v) is 3.99. The molecule has 0 unspecified atom stereocenters. The van der Waals surface area contributed by atoms with Crippen molar-refractivity contribution in [3.05, 3.63) is 83.9 Å². The number of rotatable bonds is 6. The molecule has 0 spiro atoms. The Bertz CT molecular complexity index is 997. The van der Waals surface area contributed by atoms with Crippen LogP contribution in [0.25, 0.3) is 10.8 Å². The Morgan fingerprint density at radius 3 is 2.00 bits per heavy atom. The minimum atomic E-state index is -1.82. The van der Waals surface area contributed by atoms with E-state index in [1.54, 1.807) is 0 Å². The van der Waals surface area contributed by atoms with E-state index < -0.39 is 11.9 Å². The first-order chi connectivity index (χ1) is 15.5. The summed E-state index contributed by atoms with van der Waals surface area (Å²) in [7, 11) is 0. The van der Waals surface area contributed by atoms with E-state index in [4.69, 9.17) is 19.8 Å². The number of aryl methyl sites for hydroxylation is 1. The lowest BCUT2D eigenvalue weighted by Gasteiger charge is -2.35. The molecule has 0 atom stereocenters. The number of fused-ring (bicyclic) bond motifs is 1. The number of carbonyl (C=O) groups is 2. The maximum Gasteiger partial charge on any atom is 0.414 e. The molecule has 0 aromatic heterocycles. The molecule has 32 heavy (non-hydrogen) atoms. The molecule has 0 saturated carbocycles. The number of nitrogens with zero attached hydrogens (tertiary/aromatic N) is 2. The number of hydrogen-bond donors (Lipinski definition) is 2. The number of aliphatic carboxylic acids is 2. The topological polar surface area (TPSA) is 81.1 Å². The third-order valence-corrected chi connectivity index (χ3v) is 5.70. The van der Waals surface area contributed by atoms with Crippen molar-refractivity contribution >= 4 is 22.7 Å². The molecule has 3 aromatic carbocycles. The molecule has 1 saturated heterocycles. The minimum absolute atomic E-state index is 1.07. The lowest BCUT2D eigenvalue weighted by molar-refractivity contribution is -0.159. The second kappa shape index (κ2) is 12.0. The average Bonchev–Trinajstić information content (AvgIpc) is 2.81. The maximum atomic E-state index is 9.10. The summed E-state index contributed by atoms with van der Waals surface area (Å²) in [6, 6.07) is 26.3. The highest BCUT2D eigenvalue weighted by Gasteiger charge is 2.17. The minimum Gasteiger partial charge on any atom is -0.473 e. The van der Waals surface area contributed by atoms with Gasteiger partial charge in [-0.3, -0.25) is 4.90 Å². The van der Waals surface area contributed by atoms with Crippen LogP contribution in [0.1, 0.15) is 17.5 Å². The molecule has 6 nitrogen and oxygen atoms in total. The third kappa shape index (κ3) is 7.18. The lowest BCUT2D eigenvalue weighted by atomic mass is 10.0. The Morgan fingerprint density at radius 2 is 1.31 bits per heavy atom. The highest BCUT2D eigenvalue weighted by Crippen LogP contribution is 2.20. The highest BCUT2D eigenvalue weighted by molar-refractivity contribution is 6.27. The molecule has 0 amide bonds. The second-order valence-corrected chi connectivity index (χ2v) is 7.96. The molecule has 1 aliphatic rings. The molecule has 0 aliphatic carbocycles. The number of carboxylic acid groups (broad SMARTS) is 2. The van der Waals surface area contributed by atoms with Crippen molar-refractivity contribution in [1.29, 1.82) is 0 Å². The van der Waals surface area contributed by atoms with Gasteiger partial charge in [0.1, 0.15) is 0 Å². The first-order valence-corrected chi connectivity index (χ1v) is 10.9. The van der Waals surface area contributed by atoms with Crippen LogP contribution in [0.3, 0.4) is 0 Å². The third-order valence-electron chi connectivity index (χ3n) is 5.70. The largest absolute Gasteiger partial charge is 0.473 e. The van der Waals surface area contributed by atoms with Crippen molar-refractivity contribution in [2.45, 2.75) is 19.4 Å². The zero-order chi connectivity index (χ0) is 22.8. The van der Waals surface area contributed by atoms with Gasteiger partial charge in [0, 0.05) is 32.7 Å². The summed E-state index contributed by atoms with van der Waals surface area (Å²) in [6.07, 6.45) is 2.45. The number of carboxylic acids is 2. The number of benzene rings is 3. The molecule has 1 aliphatic heterocycles. The van der Waals surface area contributed by atoms with E-state index in [1.807, 2.05) is 0 Å². The predicted octanol–water partition coefficient (Wildman–Crippen LogP) is 3.75. The van der Waals surface area contributed by atoms with E-state index in [0.717, 1.165) is 6.54 Å². The van der Waals surface area contributed by atoms with Crippen LogP contribution in [-0.2, 0) is 22.6 Å². The molecule has 2 N–H and O–H groups in total. The van der Waals surface area contributed by atoms with Crippen LogP contribution in [0, 0.1) is 0 Å². The van der Waals surface area contributed by atoms with Crippen LogP contribution in [0.4, 0.5) is 0 Å². The summed E-state index contributed by atoms with van der Waals surface area (Å²) in [5.74, 6) is -3.65. The normalized spacial score (nSPS) is 14.5. The summed E-state index contributed by atoms with van der Waals surface area (Å²) in [5.41, 5.74) is 2.92. The van der Waals surface area contributed by atoms with Gasteiger partial charge in [-0.25, -0.2) is 9.59 Å². The standard InChI is InChI=1S/C24H28N2.C2H2O4/c1-2-8-21(9-3-1)10-7-15-25-16-18-26(19-17-25)20-23-13-6-12-22-11-4-5-14-24(22)23;3-1(4)2(5)6/h1-6,8-9,11-14H,7,10,15-20H2;(H,3,4)(H,5,6). The van der Waals surface area contributed by atoms with Gasteiger partial charge >= 0.3 is 11.9 Å². The Labute approximate surface area is 188 Å². The average molecular weight is 435 g/mol. The van der Waals surface area contributed by atoms with Gasteiger partial charge in [-0.15, -0.1) is 0 Å². The van der Waals surface area contributed by atoms with Gasteiger partial charge < -0.3 is 15.1 Å². The number of piperazine rings is 1. The van der Waals surface area contributed by atoms with Crippen LogP contribution in [-0.4, -0.2) is 64.7 Å². The van der Waals surface area contributed by atoms with E-state index in [0.29, 0.717) is 0 Å².